The van der Waals surface area contributed by atoms with Gasteiger partial charge in [-0.2, -0.15) is 0 Å². The average molecular weight is 154 g/mol. The van der Waals surface area contributed by atoms with E-state index in [1.165, 1.54) is 0 Å². The lowest BCUT2D eigenvalue weighted by Crippen LogP contribution is -2.29. The molecule has 0 heterocycles. The van der Waals surface area contributed by atoms with Gasteiger partial charge in [0.2, 0.25) is 0 Å². The third-order valence-electron chi connectivity index (χ3n) is 1.25. The fraction of sp³-hybridized carbons (Fsp3) is 0.556. The number of nitrogens with zero attached hydrogens (tertiary/aromatic N) is 1. The minimum atomic E-state index is 0.440. The summed E-state index contributed by atoms with van der Waals surface area (Å²) in [4.78, 5) is 1.96. The van der Waals surface area contributed by atoms with E-state index in [4.69, 9.17) is 0 Å². The van der Waals surface area contributed by atoms with Gasteiger partial charge >= 0.3 is 0 Å². The Kier molecular flexibility index (Phi) is 4.42. The minimum absolute atomic E-state index is 0.440. The molecule has 64 valence electrons. The molecule has 0 unspecified atom stereocenters. The Morgan fingerprint density at radius 3 is 2.45 bits per heavy atom. The largest absolute Gasteiger partial charge is 0.370 e. The smallest absolute Gasteiger partial charge is 0.0978 e. The SMILES string of the molecule is C=C(NC(C)C)N(C)/C=C\C. The molecule has 0 aromatic heterocycles. The molecule has 0 aliphatic carbocycles. The number of hydrogen-bond donors (Lipinski definition) is 1. The molecule has 0 aromatic carbocycles. The zero-order valence-electron chi connectivity index (χ0n) is 7.89. The lowest BCUT2D eigenvalue weighted by Gasteiger charge is -2.20. The van der Waals surface area contributed by atoms with Crippen LogP contribution in [-0.4, -0.2) is 18.0 Å². The van der Waals surface area contributed by atoms with E-state index in [1.807, 2.05) is 31.1 Å². The van der Waals surface area contributed by atoms with Gasteiger partial charge in [-0.25, -0.2) is 0 Å². The monoisotopic (exact) mass is 154 g/mol. The third-order valence-corrected chi connectivity index (χ3v) is 1.25. The van der Waals surface area contributed by atoms with Crippen LogP contribution < -0.4 is 5.32 Å². The van der Waals surface area contributed by atoms with Gasteiger partial charge in [-0.1, -0.05) is 12.7 Å². The first-order valence-corrected chi connectivity index (χ1v) is 3.89. The molecule has 0 spiro atoms. The van der Waals surface area contributed by atoms with E-state index < -0.39 is 0 Å². The summed E-state index contributed by atoms with van der Waals surface area (Å²) < 4.78 is 0. The second-order valence-electron chi connectivity index (χ2n) is 2.84. The Morgan fingerprint density at radius 1 is 1.55 bits per heavy atom. The van der Waals surface area contributed by atoms with E-state index in [0.29, 0.717) is 6.04 Å². The topological polar surface area (TPSA) is 15.3 Å². The zero-order valence-corrected chi connectivity index (χ0v) is 7.89. The summed E-state index contributed by atoms with van der Waals surface area (Å²) in [6, 6.07) is 0.440. The molecule has 1 N–H and O–H groups in total. The normalized spacial score (nSPS) is 10.6. The van der Waals surface area contributed by atoms with Crippen LogP contribution in [0.1, 0.15) is 20.8 Å². The van der Waals surface area contributed by atoms with Crippen molar-refractivity contribution in [1.82, 2.24) is 10.2 Å². The molecule has 0 aliphatic heterocycles. The van der Waals surface area contributed by atoms with Crippen LogP contribution in [0.2, 0.25) is 0 Å². The Balaban J connectivity index is 3.83. The van der Waals surface area contributed by atoms with Crippen molar-refractivity contribution in [2.45, 2.75) is 26.8 Å². The molecular formula is C9H18N2. The molecule has 2 nitrogen and oxygen atoms in total. The van der Waals surface area contributed by atoms with Crippen LogP contribution in [0.25, 0.3) is 0 Å². The predicted octanol–water partition coefficient (Wildman–Crippen LogP) is 1.92. The summed E-state index contributed by atoms with van der Waals surface area (Å²) >= 11 is 0. The minimum Gasteiger partial charge on any atom is -0.370 e. The van der Waals surface area contributed by atoms with Gasteiger partial charge in [0.05, 0.1) is 5.82 Å². The molecule has 0 radical (unpaired) electrons. The van der Waals surface area contributed by atoms with Crippen molar-refractivity contribution in [3.05, 3.63) is 24.7 Å². The number of nitrogens with one attached hydrogen (secondary N) is 1. The highest BCUT2D eigenvalue weighted by Crippen LogP contribution is 1.95. The van der Waals surface area contributed by atoms with Crippen molar-refractivity contribution in [3.63, 3.8) is 0 Å². The lowest BCUT2D eigenvalue weighted by molar-refractivity contribution is 0.480. The van der Waals surface area contributed by atoms with E-state index in [9.17, 15) is 0 Å². The summed E-state index contributed by atoms with van der Waals surface area (Å²) in [5.74, 6) is 0.929. The molecule has 11 heavy (non-hydrogen) atoms. The molecular weight excluding hydrogens is 136 g/mol. The standard InChI is InChI=1S/C9H18N2/c1-6-7-11(5)9(4)10-8(2)3/h6-8,10H,4H2,1-3,5H3/b7-6-. The third kappa shape index (κ3) is 4.48. The fourth-order valence-electron chi connectivity index (χ4n) is 0.749. The van der Waals surface area contributed by atoms with Gasteiger partial charge in [-0.3, -0.25) is 0 Å². The van der Waals surface area contributed by atoms with Crippen LogP contribution in [0.5, 0.6) is 0 Å². The van der Waals surface area contributed by atoms with E-state index >= 15 is 0 Å². The average Bonchev–Trinajstić information content (AvgIpc) is 1.86. The molecule has 0 bridgehead atoms. The van der Waals surface area contributed by atoms with Gasteiger partial charge in [0, 0.05) is 19.3 Å². The predicted molar refractivity (Wildman–Crippen MR) is 50.0 cm³/mol. The quantitative estimate of drug-likeness (QED) is 0.665. The van der Waals surface area contributed by atoms with E-state index in [1.54, 1.807) is 0 Å². The Morgan fingerprint density at radius 2 is 2.09 bits per heavy atom. The number of rotatable bonds is 4. The van der Waals surface area contributed by atoms with Crippen molar-refractivity contribution < 1.29 is 0 Å². The maximum absolute atomic E-state index is 3.88. The molecule has 0 fully saturated rings. The van der Waals surface area contributed by atoms with Crippen LogP contribution in [-0.2, 0) is 0 Å². The van der Waals surface area contributed by atoms with E-state index in [0.717, 1.165) is 5.82 Å². The van der Waals surface area contributed by atoms with Gasteiger partial charge in [0.15, 0.2) is 0 Å². The van der Waals surface area contributed by atoms with Crippen LogP contribution >= 0.6 is 0 Å². The van der Waals surface area contributed by atoms with Gasteiger partial charge in [-0.05, 0) is 20.8 Å². The van der Waals surface area contributed by atoms with Crippen molar-refractivity contribution in [1.29, 1.82) is 0 Å². The highest BCUT2D eigenvalue weighted by molar-refractivity contribution is 4.96. The summed E-state index contributed by atoms with van der Waals surface area (Å²) in [5.41, 5.74) is 0. The maximum Gasteiger partial charge on any atom is 0.0978 e. The molecule has 0 aromatic rings. The van der Waals surface area contributed by atoms with Crippen LogP contribution in [0.4, 0.5) is 0 Å². The number of allylic oxidation sites excluding steroid dienone is 1. The molecule has 0 atom stereocenters. The molecule has 0 aliphatic rings. The lowest BCUT2D eigenvalue weighted by atomic mass is 10.4. The highest BCUT2D eigenvalue weighted by Gasteiger charge is 1.97. The Labute approximate surface area is 69.6 Å². The highest BCUT2D eigenvalue weighted by atomic mass is 15.2. The second-order valence-corrected chi connectivity index (χ2v) is 2.84. The van der Waals surface area contributed by atoms with Crippen LogP contribution in [0.15, 0.2) is 24.7 Å². The van der Waals surface area contributed by atoms with Crippen LogP contribution in [0, 0.1) is 0 Å². The van der Waals surface area contributed by atoms with E-state index in [2.05, 4.69) is 25.7 Å². The molecule has 2 heteroatoms. The van der Waals surface area contributed by atoms with Gasteiger partial charge in [0.25, 0.3) is 0 Å². The van der Waals surface area contributed by atoms with Crippen molar-refractivity contribution in [2.24, 2.45) is 0 Å². The first kappa shape index (κ1) is 10.1. The summed E-state index contributed by atoms with van der Waals surface area (Å²) in [6.07, 6.45) is 3.95. The van der Waals surface area contributed by atoms with Crippen LogP contribution in [0.3, 0.4) is 0 Å². The summed E-state index contributed by atoms with van der Waals surface area (Å²) in [7, 11) is 1.97. The summed E-state index contributed by atoms with van der Waals surface area (Å²) in [6.45, 7) is 10.0. The van der Waals surface area contributed by atoms with Crippen molar-refractivity contribution in [2.75, 3.05) is 7.05 Å². The zero-order chi connectivity index (χ0) is 8.85. The maximum atomic E-state index is 3.88. The first-order valence-electron chi connectivity index (χ1n) is 3.89. The fourth-order valence-corrected chi connectivity index (χ4v) is 0.749. The molecule has 0 saturated carbocycles. The number of hydrogen-bond acceptors (Lipinski definition) is 2. The molecule has 0 amide bonds. The Bertz CT molecular complexity index is 148. The molecule has 0 saturated heterocycles. The summed E-state index contributed by atoms with van der Waals surface area (Å²) in [5, 5.41) is 3.21. The van der Waals surface area contributed by atoms with Crippen molar-refractivity contribution >= 4 is 0 Å². The first-order chi connectivity index (χ1) is 5.07. The van der Waals surface area contributed by atoms with Crippen molar-refractivity contribution in [3.8, 4) is 0 Å². The Hall–Kier alpha value is -0.920. The van der Waals surface area contributed by atoms with Gasteiger partial charge < -0.3 is 10.2 Å². The van der Waals surface area contributed by atoms with Gasteiger partial charge in [-0.15, -0.1) is 0 Å². The molecule has 0 rings (SSSR count). The van der Waals surface area contributed by atoms with E-state index in [-0.39, 0.29) is 0 Å². The second kappa shape index (κ2) is 4.83. The van der Waals surface area contributed by atoms with Gasteiger partial charge in [0.1, 0.15) is 0 Å².